The van der Waals surface area contributed by atoms with Gasteiger partial charge in [-0.25, -0.2) is 4.79 Å². The normalized spacial score (nSPS) is 12.3. The molecule has 3 amide bonds. The molecule has 1 aliphatic heterocycles. The number of aryl methyl sites for hydroxylation is 1. The number of hydrogen-bond donors (Lipinski definition) is 3. The van der Waals surface area contributed by atoms with Gasteiger partial charge in [0.15, 0.2) is 0 Å². The minimum Gasteiger partial charge on any atom is -0.478 e. The van der Waals surface area contributed by atoms with Gasteiger partial charge >= 0.3 is 5.97 Å². The van der Waals surface area contributed by atoms with Crippen LogP contribution in [0.5, 0.6) is 0 Å². The second-order valence-corrected chi connectivity index (χ2v) is 8.01. The van der Waals surface area contributed by atoms with Gasteiger partial charge in [0.2, 0.25) is 0 Å². The SMILES string of the molecule is Cc1ccccc1NC(=O)c1cc([N+](=O)[O-])ccc1NCCN1C(=O)c2ccc(C(=O)O)cc2C1=O. The fraction of sp³-hybridized carbons (Fsp3) is 0.120. The number of nitrogens with one attached hydrogen (secondary N) is 2. The predicted octanol–water partition coefficient (Wildman–Crippen LogP) is 3.56. The van der Waals surface area contributed by atoms with Gasteiger partial charge in [0, 0.05) is 36.6 Å². The highest BCUT2D eigenvalue weighted by atomic mass is 16.6. The van der Waals surface area contributed by atoms with Gasteiger partial charge < -0.3 is 15.7 Å². The first-order valence-electron chi connectivity index (χ1n) is 10.8. The molecule has 1 heterocycles. The number of rotatable bonds is 8. The molecule has 36 heavy (non-hydrogen) atoms. The van der Waals surface area contributed by atoms with Crippen LogP contribution in [-0.2, 0) is 0 Å². The third kappa shape index (κ3) is 4.62. The van der Waals surface area contributed by atoms with Crippen LogP contribution in [0.15, 0.2) is 60.7 Å². The zero-order valence-electron chi connectivity index (χ0n) is 19.0. The number of amides is 3. The maximum absolute atomic E-state index is 13.0. The predicted molar refractivity (Wildman–Crippen MR) is 129 cm³/mol. The number of carboxylic acids is 1. The second kappa shape index (κ2) is 9.66. The van der Waals surface area contributed by atoms with Crippen molar-refractivity contribution in [3.8, 4) is 0 Å². The summed E-state index contributed by atoms with van der Waals surface area (Å²) in [6.07, 6.45) is 0. The van der Waals surface area contributed by atoms with Crippen molar-refractivity contribution in [2.75, 3.05) is 23.7 Å². The molecule has 0 bridgehead atoms. The number of carbonyl (C=O) groups is 4. The largest absolute Gasteiger partial charge is 0.478 e. The Bertz CT molecular complexity index is 1430. The first-order chi connectivity index (χ1) is 17.2. The molecule has 0 aliphatic carbocycles. The molecule has 182 valence electrons. The van der Waals surface area contributed by atoms with E-state index in [1.165, 1.54) is 24.3 Å². The van der Waals surface area contributed by atoms with Crippen molar-refractivity contribution >= 4 is 40.8 Å². The van der Waals surface area contributed by atoms with Gasteiger partial charge in [-0.1, -0.05) is 18.2 Å². The zero-order valence-corrected chi connectivity index (χ0v) is 19.0. The molecular formula is C25H20N4O7. The Kier molecular flexibility index (Phi) is 6.46. The third-order valence-corrected chi connectivity index (χ3v) is 5.72. The van der Waals surface area contributed by atoms with Crippen LogP contribution in [0.2, 0.25) is 0 Å². The molecule has 0 atom stereocenters. The summed E-state index contributed by atoms with van der Waals surface area (Å²) in [7, 11) is 0. The van der Waals surface area contributed by atoms with Crippen molar-refractivity contribution in [3.63, 3.8) is 0 Å². The monoisotopic (exact) mass is 488 g/mol. The summed E-state index contributed by atoms with van der Waals surface area (Å²) >= 11 is 0. The van der Waals surface area contributed by atoms with E-state index in [1.807, 2.05) is 19.1 Å². The van der Waals surface area contributed by atoms with Crippen LogP contribution < -0.4 is 10.6 Å². The van der Waals surface area contributed by atoms with Gasteiger partial charge in [0.25, 0.3) is 23.4 Å². The van der Waals surface area contributed by atoms with Crippen molar-refractivity contribution in [1.29, 1.82) is 0 Å². The number of carboxylic acid groups (broad SMARTS) is 1. The number of aromatic carboxylic acids is 1. The van der Waals surface area contributed by atoms with Crippen LogP contribution in [0.3, 0.4) is 0 Å². The summed E-state index contributed by atoms with van der Waals surface area (Å²) in [5, 5.41) is 26.1. The number of fused-ring (bicyclic) bond motifs is 1. The molecule has 0 fully saturated rings. The van der Waals surface area contributed by atoms with E-state index >= 15 is 0 Å². The molecule has 0 spiro atoms. The lowest BCUT2D eigenvalue weighted by molar-refractivity contribution is -0.384. The van der Waals surface area contributed by atoms with E-state index in [0.29, 0.717) is 5.69 Å². The number of hydrogen-bond acceptors (Lipinski definition) is 7. The second-order valence-electron chi connectivity index (χ2n) is 8.01. The van der Waals surface area contributed by atoms with Crippen LogP contribution >= 0.6 is 0 Å². The van der Waals surface area contributed by atoms with Crippen molar-refractivity contribution in [1.82, 2.24) is 4.90 Å². The van der Waals surface area contributed by atoms with E-state index < -0.39 is 28.6 Å². The maximum atomic E-state index is 13.0. The Morgan fingerprint density at radius 1 is 0.972 bits per heavy atom. The fourth-order valence-electron chi connectivity index (χ4n) is 3.82. The topological polar surface area (TPSA) is 159 Å². The summed E-state index contributed by atoms with van der Waals surface area (Å²) in [5.74, 6) is -2.97. The van der Waals surface area contributed by atoms with Gasteiger partial charge in [-0.2, -0.15) is 0 Å². The highest BCUT2D eigenvalue weighted by Gasteiger charge is 2.35. The summed E-state index contributed by atoms with van der Waals surface area (Å²) in [6.45, 7) is 1.77. The molecule has 0 saturated carbocycles. The van der Waals surface area contributed by atoms with Crippen LogP contribution in [0, 0.1) is 17.0 Å². The number of non-ortho nitro benzene ring substituents is 1. The Balaban J connectivity index is 1.51. The van der Waals surface area contributed by atoms with Crippen LogP contribution in [0.1, 0.15) is 47.0 Å². The van der Waals surface area contributed by atoms with E-state index in [1.54, 1.807) is 12.1 Å². The number of nitrogens with zero attached hydrogens (tertiary/aromatic N) is 2. The van der Waals surface area contributed by atoms with Crippen LogP contribution in [0.25, 0.3) is 0 Å². The molecule has 0 aromatic heterocycles. The van der Waals surface area contributed by atoms with E-state index in [2.05, 4.69) is 10.6 Å². The summed E-state index contributed by atoms with van der Waals surface area (Å²) in [5.41, 5.74) is 1.38. The fourth-order valence-corrected chi connectivity index (χ4v) is 3.82. The first kappa shape index (κ1) is 24.1. The number of benzene rings is 3. The highest BCUT2D eigenvalue weighted by molar-refractivity contribution is 6.22. The minimum absolute atomic E-state index is 0.00790. The lowest BCUT2D eigenvalue weighted by Crippen LogP contribution is -2.34. The van der Waals surface area contributed by atoms with Gasteiger partial charge in [-0.3, -0.25) is 29.4 Å². The Morgan fingerprint density at radius 2 is 1.69 bits per heavy atom. The Hall–Kier alpha value is -5.06. The molecule has 11 nitrogen and oxygen atoms in total. The first-order valence-corrected chi connectivity index (χ1v) is 10.8. The van der Waals surface area contributed by atoms with Gasteiger partial charge in [-0.15, -0.1) is 0 Å². The van der Waals surface area contributed by atoms with Crippen molar-refractivity contribution in [3.05, 3.63) is 98.6 Å². The van der Waals surface area contributed by atoms with Crippen molar-refractivity contribution < 1.29 is 29.2 Å². The lowest BCUT2D eigenvalue weighted by Gasteiger charge is -2.17. The average molecular weight is 488 g/mol. The van der Waals surface area contributed by atoms with Crippen molar-refractivity contribution in [2.45, 2.75) is 6.92 Å². The van der Waals surface area contributed by atoms with Crippen LogP contribution in [-0.4, -0.2) is 51.7 Å². The Labute approximate surface area is 204 Å². The number of anilines is 2. The smallest absolute Gasteiger partial charge is 0.335 e. The molecule has 0 saturated heterocycles. The Morgan fingerprint density at radius 3 is 2.39 bits per heavy atom. The average Bonchev–Trinajstić information content (AvgIpc) is 3.09. The minimum atomic E-state index is -1.21. The molecule has 0 radical (unpaired) electrons. The highest BCUT2D eigenvalue weighted by Crippen LogP contribution is 2.26. The van der Waals surface area contributed by atoms with E-state index in [9.17, 15) is 29.3 Å². The molecule has 0 unspecified atom stereocenters. The van der Waals surface area contributed by atoms with Crippen LogP contribution in [0.4, 0.5) is 17.1 Å². The molecular weight excluding hydrogens is 468 g/mol. The quantitative estimate of drug-likeness (QED) is 0.247. The third-order valence-electron chi connectivity index (χ3n) is 5.72. The summed E-state index contributed by atoms with van der Waals surface area (Å²) < 4.78 is 0. The number of carbonyl (C=O) groups excluding carboxylic acids is 3. The number of imide groups is 1. The van der Waals surface area contributed by atoms with Gasteiger partial charge in [-0.05, 0) is 42.8 Å². The number of nitro groups is 1. The van der Waals surface area contributed by atoms with E-state index in [-0.39, 0.29) is 46.7 Å². The summed E-state index contributed by atoms with van der Waals surface area (Å²) in [6, 6.07) is 14.6. The van der Waals surface area contributed by atoms with E-state index in [4.69, 9.17) is 5.11 Å². The lowest BCUT2D eigenvalue weighted by atomic mass is 10.1. The molecule has 3 aromatic rings. The molecule has 3 aromatic carbocycles. The molecule has 3 N–H and O–H groups in total. The molecule has 11 heteroatoms. The zero-order chi connectivity index (χ0) is 26.0. The number of nitro benzene ring substituents is 1. The molecule has 4 rings (SSSR count). The van der Waals surface area contributed by atoms with E-state index in [0.717, 1.165) is 22.6 Å². The van der Waals surface area contributed by atoms with Gasteiger partial charge in [0.05, 0.1) is 27.2 Å². The van der Waals surface area contributed by atoms with Crippen molar-refractivity contribution in [2.24, 2.45) is 0 Å². The summed E-state index contributed by atoms with van der Waals surface area (Å²) in [4.78, 5) is 61.2. The van der Waals surface area contributed by atoms with Gasteiger partial charge in [0.1, 0.15) is 0 Å². The number of para-hydroxylation sites is 1. The molecule has 1 aliphatic rings. The standard InChI is InChI=1S/C25H20N4O7/c1-14-4-2-3-5-20(14)27-22(30)19-13-16(29(35)36)7-9-21(19)26-10-11-28-23(31)17-8-6-15(25(33)34)12-18(17)24(28)32/h2-9,12-13,26H,10-11H2,1H3,(H,27,30)(H,33,34). The maximum Gasteiger partial charge on any atom is 0.335 e.